The maximum Gasteiger partial charge on any atom is 0.340 e. The standard InChI is InChI=1S/C20H20N2O3/c1-3-22(15-9-5-4-6-10-15)19(23)14-21-13-17(20(24)25-2)16-11-7-8-12-18(16)21/h4-13H,3,14H2,1-2H3. The predicted molar refractivity (Wildman–Crippen MR) is 97.7 cm³/mol. The second-order valence-corrected chi connectivity index (χ2v) is 5.65. The fraction of sp³-hybridized carbons (Fsp3) is 0.200. The van der Waals surface area contributed by atoms with Crippen LogP contribution in [0.2, 0.25) is 0 Å². The molecule has 25 heavy (non-hydrogen) atoms. The quantitative estimate of drug-likeness (QED) is 0.670. The lowest BCUT2D eigenvalue weighted by atomic mass is 10.2. The van der Waals surface area contributed by atoms with E-state index >= 15 is 0 Å². The molecule has 1 heterocycles. The van der Waals surface area contributed by atoms with Crippen LogP contribution in [-0.4, -0.2) is 30.1 Å². The highest BCUT2D eigenvalue weighted by Crippen LogP contribution is 2.23. The van der Waals surface area contributed by atoms with E-state index in [4.69, 9.17) is 4.74 Å². The largest absolute Gasteiger partial charge is 0.465 e. The molecule has 0 fully saturated rings. The molecular formula is C20H20N2O3. The van der Waals surface area contributed by atoms with E-state index in [0.29, 0.717) is 12.1 Å². The van der Waals surface area contributed by atoms with Crippen molar-refractivity contribution in [2.45, 2.75) is 13.5 Å². The van der Waals surface area contributed by atoms with Crippen LogP contribution in [0.25, 0.3) is 10.9 Å². The van der Waals surface area contributed by atoms with E-state index in [1.807, 2.05) is 61.5 Å². The van der Waals surface area contributed by atoms with E-state index < -0.39 is 5.97 Å². The molecule has 0 spiro atoms. The number of fused-ring (bicyclic) bond motifs is 1. The lowest BCUT2D eigenvalue weighted by molar-refractivity contribution is -0.119. The number of carbonyl (C=O) groups is 2. The van der Waals surface area contributed by atoms with Gasteiger partial charge in [0.1, 0.15) is 6.54 Å². The number of anilines is 1. The Morgan fingerprint density at radius 3 is 2.40 bits per heavy atom. The van der Waals surface area contributed by atoms with Crippen LogP contribution >= 0.6 is 0 Å². The normalized spacial score (nSPS) is 10.6. The van der Waals surface area contributed by atoms with Gasteiger partial charge in [-0.15, -0.1) is 0 Å². The number of aromatic nitrogens is 1. The molecular weight excluding hydrogens is 316 g/mol. The second-order valence-electron chi connectivity index (χ2n) is 5.65. The van der Waals surface area contributed by atoms with E-state index in [9.17, 15) is 9.59 Å². The molecule has 0 saturated carbocycles. The van der Waals surface area contributed by atoms with Gasteiger partial charge < -0.3 is 14.2 Å². The van der Waals surface area contributed by atoms with Gasteiger partial charge in [0.25, 0.3) is 0 Å². The first-order chi connectivity index (χ1) is 12.2. The second kappa shape index (κ2) is 7.21. The number of likely N-dealkylation sites (N-methyl/N-ethyl adjacent to an activating group) is 1. The summed E-state index contributed by atoms with van der Waals surface area (Å²) in [5, 5.41) is 0.782. The molecule has 1 aromatic heterocycles. The van der Waals surface area contributed by atoms with Crippen molar-refractivity contribution in [3.8, 4) is 0 Å². The third-order valence-electron chi connectivity index (χ3n) is 4.18. The molecule has 0 radical (unpaired) electrons. The molecule has 0 N–H and O–H groups in total. The van der Waals surface area contributed by atoms with Gasteiger partial charge in [0.2, 0.25) is 5.91 Å². The van der Waals surface area contributed by atoms with Gasteiger partial charge in [-0.05, 0) is 25.1 Å². The van der Waals surface area contributed by atoms with Crippen LogP contribution in [0.5, 0.6) is 0 Å². The summed E-state index contributed by atoms with van der Waals surface area (Å²) >= 11 is 0. The van der Waals surface area contributed by atoms with Gasteiger partial charge in [-0.25, -0.2) is 4.79 Å². The van der Waals surface area contributed by atoms with Crippen LogP contribution in [0.3, 0.4) is 0 Å². The fourth-order valence-electron chi connectivity index (χ4n) is 2.99. The van der Waals surface area contributed by atoms with E-state index in [1.54, 1.807) is 15.7 Å². The van der Waals surface area contributed by atoms with Crippen molar-refractivity contribution in [1.82, 2.24) is 4.57 Å². The summed E-state index contributed by atoms with van der Waals surface area (Å²) in [5.74, 6) is -0.441. The minimum Gasteiger partial charge on any atom is -0.465 e. The van der Waals surface area contributed by atoms with Crippen molar-refractivity contribution in [2.24, 2.45) is 0 Å². The summed E-state index contributed by atoms with van der Waals surface area (Å²) < 4.78 is 6.65. The zero-order valence-corrected chi connectivity index (χ0v) is 14.3. The Bertz CT molecular complexity index is 900. The lowest BCUT2D eigenvalue weighted by Gasteiger charge is -2.21. The number of hydrogen-bond acceptors (Lipinski definition) is 3. The number of nitrogens with zero attached hydrogens (tertiary/aromatic N) is 2. The highest BCUT2D eigenvalue weighted by Gasteiger charge is 2.19. The predicted octanol–water partition coefficient (Wildman–Crippen LogP) is 3.48. The van der Waals surface area contributed by atoms with Crippen molar-refractivity contribution in [2.75, 3.05) is 18.6 Å². The molecule has 0 aliphatic rings. The average Bonchev–Trinajstić information content (AvgIpc) is 3.01. The van der Waals surface area contributed by atoms with E-state index in [2.05, 4.69) is 0 Å². The number of ether oxygens (including phenoxy) is 1. The smallest absolute Gasteiger partial charge is 0.340 e. The molecule has 1 amide bonds. The van der Waals surface area contributed by atoms with Gasteiger partial charge in [-0.1, -0.05) is 36.4 Å². The molecule has 2 aromatic carbocycles. The average molecular weight is 336 g/mol. The zero-order valence-electron chi connectivity index (χ0n) is 14.3. The summed E-state index contributed by atoms with van der Waals surface area (Å²) in [7, 11) is 1.35. The Morgan fingerprint density at radius 2 is 1.72 bits per heavy atom. The van der Waals surface area contributed by atoms with Crippen molar-refractivity contribution < 1.29 is 14.3 Å². The third-order valence-corrected chi connectivity index (χ3v) is 4.18. The minimum atomic E-state index is -0.405. The molecule has 0 unspecified atom stereocenters. The molecule has 3 rings (SSSR count). The Kier molecular flexibility index (Phi) is 4.84. The molecule has 128 valence electrons. The Hall–Kier alpha value is -3.08. The molecule has 0 bridgehead atoms. The number of hydrogen-bond donors (Lipinski definition) is 0. The van der Waals surface area contributed by atoms with Crippen molar-refractivity contribution in [1.29, 1.82) is 0 Å². The Balaban J connectivity index is 1.95. The molecule has 0 aliphatic heterocycles. The fourth-order valence-corrected chi connectivity index (χ4v) is 2.99. The highest BCUT2D eigenvalue weighted by molar-refractivity contribution is 6.05. The van der Waals surface area contributed by atoms with Crippen molar-refractivity contribution >= 4 is 28.5 Å². The first-order valence-corrected chi connectivity index (χ1v) is 8.17. The molecule has 5 heteroatoms. The van der Waals surface area contributed by atoms with Crippen LogP contribution in [0, 0.1) is 0 Å². The number of rotatable bonds is 5. The van der Waals surface area contributed by atoms with E-state index in [1.165, 1.54) is 7.11 Å². The van der Waals surface area contributed by atoms with Crippen LogP contribution in [0.1, 0.15) is 17.3 Å². The van der Waals surface area contributed by atoms with Crippen LogP contribution < -0.4 is 4.90 Å². The molecule has 0 saturated heterocycles. The van der Waals surface area contributed by atoms with E-state index in [0.717, 1.165) is 16.6 Å². The zero-order chi connectivity index (χ0) is 17.8. The summed E-state index contributed by atoms with van der Waals surface area (Å²) in [6.07, 6.45) is 1.69. The number of para-hydroxylation sites is 2. The SMILES string of the molecule is CCN(C(=O)Cn1cc(C(=O)OC)c2ccccc21)c1ccccc1. The maximum atomic E-state index is 12.8. The van der Waals surface area contributed by atoms with Gasteiger partial charge in [0, 0.05) is 29.3 Å². The Morgan fingerprint density at radius 1 is 1.04 bits per heavy atom. The summed E-state index contributed by atoms with van der Waals surface area (Å²) in [6.45, 7) is 2.67. The van der Waals surface area contributed by atoms with Crippen LogP contribution in [-0.2, 0) is 16.1 Å². The third kappa shape index (κ3) is 3.26. The van der Waals surface area contributed by atoms with Crippen molar-refractivity contribution in [3.63, 3.8) is 0 Å². The van der Waals surface area contributed by atoms with Crippen molar-refractivity contribution in [3.05, 3.63) is 66.4 Å². The number of benzene rings is 2. The van der Waals surface area contributed by atoms with E-state index in [-0.39, 0.29) is 12.5 Å². The van der Waals surface area contributed by atoms with Crippen LogP contribution in [0.15, 0.2) is 60.8 Å². The van der Waals surface area contributed by atoms with Gasteiger partial charge in [0.15, 0.2) is 0 Å². The first-order valence-electron chi connectivity index (χ1n) is 8.17. The van der Waals surface area contributed by atoms with Crippen LogP contribution in [0.4, 0.5) is 5.69 Å². The summed E-state index contributed by atoms with van der Waals surface area (Å²) in [4.78, 5) is 26.6. The first kappa shape index (κ1) is 16.8. The van der Waals surface area contributed by atoms with Gasteiger partial charge >= 0.3 is 5.97 Å². The molecule has 5 nitrogen and oxygen atoms in total. The summed E-state index contributed by atoms with van der Waals surface area (Å²) in [5.41, 5.74) is 2.16. The molecule has 3 aromatic rings. The summed E-state index contributed by atoms with van der Waals surface area (Å²) in [6, 6.07) is 17.1. The van der Waals surface area contributed by atoms with Gasteiger partial charge in [-0.3, -0.25) is 4.79 Å². The minimum absolute atomic E-state index is 0.0362. The molecule has 0 atom stereocenters. The lowest BCUT2D eigenvalue weighted by Crippen LogP contribution is -2.33. The number of amides is 1. The van der Waals surface area contributed by atoms with Gasteiger partial charge in [-0.2, -0.15) is 0 Å². The highest BCUT2D eigenvalue weighted by atomic mass is 16.5. The topological polar surface area (TPSA) is 51.5 Å². The Labute approximate surface area is 146 Å². The maximum absolute atomic E-state index is 12.8. The monoisotopic (exact) mass is 336 g/mol. The number of esters is 1. The number of methoxy groups -OCH3 is 1. The number of carbonyl (C=O) groups excluding carboxylic acids is 2. The van der Waals surface area contributed by atoms with Gasteiger partial charge in [0.05, 0.1) is 12.7 Å². The molecule has 0 aliphatic carbocycles.